The molecular weight excluding hydrogens is 443 g/mol. The third-order valence-corrected chi connectivity index (χ3v) is 6.57. The predicted molar refractivity (Wildman–Crippen MR) is 128 cm³/mol. The summed E-state index contributed by atoms with van der Waals surface area (Å²) < 4.78 is 16.0. The molecule has 33 heavy (non-hydrogen) atoms. The molecule has 4 aromatic rings. The average Bonchev–Trinajstić information content (AvgIpc) is 3.28. The predicted octanol–water partition coefficient (Wildman–Crippen LogP) is 4.50. The molecule has 2 aromatic carbocycles. The number of fused-ring (bicyclic) bond motifs is 2. The van der Waals surface area contributed by atoms with E-state index < -0.39 is 5.82 Å². The second-order valence-electron chi connectivity index (χ2n) is 8.26. The minimum Gasteiger partial charge on any atom is -0.352 e. The molecule has 168 valence electrons. The number of carbonyl (C=O) groups is 1. The summed E-state index contributed by atoms with van der Waals surface area (Å²) in [5.41, 5.74) is 2.88. The number of carbonyl (C=O) groups excluding carboxylic acids is 1. The summed E-state index contributed by atoms with van der Waals surface area (Å²) in [6.45, 7) is 9.10. The number of aromatic nitrogens is 4. The Hall–Kier alpha value is -3.52. The largest absolute Gasteiger partial charge is 0.352 e. The molecule has 1 fully saturated rings. The van der Waals surface area contributed by atoms with Crippen LogP contribution in [-0.4, -0.2) is 56.6 Å². The molecule has 1 amide bonds. The van der Waals surface area contributed by atoms with Gasteiger partial charge in [-0.2, -0.15) is 5.10 Å². The lowest BCUT2D eigenvalue weighted by atomic mass is 9.95. The number of H-pyrrole nitrogens is 1. The maximum atomic E-state index is 16.0. The monoisotopic (exact) mass is 464 g/mol. The first-order chi connectivity index (χ1) is 15.9. The number of aryl methyl sites for hydroxylation is 1. The molecule has 1 atom stereocenters. The van der Waals surface area contributed by atoms with Crippen molar-refractivity contribution in [3.05, 3.63) is 59.8 Å². The molecule has 1 aliphatic rings. The summed E-state index contributed by atoms with van der Waals surface area (Å²) in [5, 5.41) is 8.63. The number of rotatable bonds is 3. The summed E-state index contributed by atoms with van der Waals surface area (Å²) in [6, 6.07) is 5.50. The Morgan fingerprint density at radius 2 is 2.09 bits per heavy atom. The van der Waals surface area contributed by atoms with E-state index in [1.165, 1.54) is 12.4 Å². The molecule has 0 spiro atoms. The van der Waals surface area contributed by atoms with E-state index in [0.717, 1.165) is 16.5 Å². The van der Waals surface area contributed by atoms with Crippen LogP contribution in [0.4, 0.5) is 10.2 Å². The van der Waals surface area contributed by atoms with Crippen LogP contribution in [0.1, 0.15) is 12.5 Å². The van der Waals surface area contributed by atoms with Crippen LogP contribution in [0.3, 0.4) is 0 Å². The minimum absolute atomic E-state index is 0.0461. The van der Waals surface area contributed by atoms with Crippen molar-refractivity contribution in [2.75, 3.05) is 24.5 Å². The van der Waals surface area contributed by atoms with Crippen LogP contribution in [0, 0.1) is 12.7 Å². The molecular formula is C24H22ClFN6O. The SMILES string of the molecule is C=CC(=O)N1CCN(c2ncnc3c(F)c(-c4c(C)ccc5[nH]ncc45)c(Cl)cc23)CC1C. The molecule has 0 aliphatic carbocycles. The molecule has 5 rings (SSSR count). The first kappa shape index (κ1) is 21.3. The Bertz CT molecular complexity index is 1420. The van der Waals surface area contributed by atoms with Crippen LogP contribution in [0.15, 0.2) is 43.4 Å². The van der Waals surface area contributed by atoms with E-state index in [1.54, 1.807) is 17.2 Å². The highest BCUT2D eigenvalue weighted by Gasteiger charge is 2.29. The van der Waals surface area contributed by atoms with Gasteiger partial charge in [0.05, 0.1) is 16.7 Å². The Labute approximate surface area is 194 Å². The highest BCUT2D eigenvalue weighted by Crippen LogP contribution is 2.41. The van der Waals surface area contributed by atoms with Crippen molar-refractivity contribution in [2.45, 2.75) is 19.9 Å². The number of halogens is 2. The minimum atomic E-state index is -0.494. The van der Waals surface area contributed by atoms with Gasteiger partial charge in [-0.05, 0) is 37.6 Å². The Morgan fingerprint density at radius 3 is 2.85 bits per heavy atom. The Morgan fingerprint density at radius 1 is 1.27 bits per heavy atom. The summed E-state index contributed by atoms with van der Waals surface area (Å²) >= 11 is 6.70. The molecule has 7 nitrogen and oxygen atoms in total. The molecule has 0 bridgehead atoms. The lowest BCUT2D eigenvalue weighted by Gasteiger charge is -2.40. The van der Waals surface area contributed by atoms with Crippen molar-refractivity contribution in [1.29, 1.82) is 0 Å². The summed E-state index contributed by atoms with van der Waals surface area (Å²) in [7, 11) is 0. The number of piperazine rings is 1. The van der Waals surface area contributed by atoms with Crippen LogP contribution in [0.2, 0.25) is 5.02 Å². The molecule has 1 unspecified atom stereocenters. The number of aromatic amines is 1. The van der Waals surface area contributed by atoms with E-state index in [4.69, 9.17) is 11.6 Å². The molecule has 9 heteroatoms. The number of nitrogens with one attached hydrogen (secondary N) is 1. The van der Waals surface area contributed by atoms with Gasteiger partial charge in [-0.25, -0.2) is 14.4 Å². The first-order valence-corrected chi connectivity index (χ1v) is 11.0. The smallest absolute Gasteiger partial charge is 0.246 e. The summed E-state index contributed by atoms with van der Waals surface area (Å²) in [4.78, 5) is 24.6. The Balaban J connectivity index is 1.63. The van der Waals surface area contributed by atoms with Gasteiger partial charge in [-0.1, -0.05) is 24.2 Å². The fraction of sp³-hybridized carbons (Fsp3) is 0.250. The van der Waals surface area contributed by atoms with Crippen LogP contribution < -0.4 is 4.90 Å². The number of benzene rings is 2. The standard InChI is InChI=1S/C24H22ClFN6O/c1-4-19(33)32-8-7-31(11-14(32)3)24-15-9-17(25)21(22(26)23(15)27-12-28-24)20-13(2)5-6-18-16(20)10-29-30-18/h4-6,9-10,12,14H,1,7-8,11H2,2-3H3,(H,29,30). The van der Waals surface area contributed by atoms with Crippen LogP contribution in [0.25, 0.3) is 32.9 Å². The van der Waals surface area contributed by atoms with Gasteiger partial charge < -0.3 is 9.80 Å². The van der Waals surface area contributed by atoms with Gasteiger partial charge in [0.15, 0.2) is 5.82 Å². The molecule has 3 heterocycles. The summed E-state index contributed by atoms with van der Waals surface area (Å²) in [6.07, 6.45) is 4.37. The second-order valence-corrected chi connectivity index (χ2v) is 8.67. The van der Waals surface area contributed by atoms with Gasteiger partial charge in [0.2, 0.25) is 5.91 Å². The van der Waals surface area contributed by atoms with Gasteiger partial charge in [0.25, 0.3) is 0 Å². The normalized spacial score (nSPS) is 16.5. The van der Waals surface area contributed by atoms with Crippen molar-refractivity contribution in [2.24, 2.45) is 0 Å². The van der Waals surface area contributed by atoms with Crippen molar-refractivity contribution in [1.82, 2.24) is 25.1 Å². The lowest BCUT2D eigenvalue weighted by Crippen LogP contribution is -2.54. The average molecular weight is 465 g/mol. The highest BCUT2D eigenvalue weighted by molar-refractivity contribution is 6.35. The van der Waals surface area contributed by atoms with Gasteiger partial charge in [-0.3, -0.25) is 9.89 Å². The van der Waals surface area contributed by atoms with E-state index in [1.807, 2.05) is 30.9 Å². The van der Waals surface area contributed by atoms with Gasteiger partial charge in [0.1, 0.15) is 17.7 Å². The zero-order valence-corrected chi connectivity index (χ0v) is 19.0. The van der Waals surface area contributed by atoms with Crippen molar-refractivity contribution in [3.8, 4) is 11.1 Å². The van der Waals surface area contributed by atoms with Crippen LogP contribution in [-0.2, 0) is 4.79 Å². The molecule has 1 N–H and O–H groups in total. The highest BCUT2D eigenvalue weighted by atomic mass is 35.5. The van der Waals surface area contributed by atoms with E-state index in [0.29, 0.717) is 42.0 Å². The first-order valence-electron chi connectivity index (χ1n) is 10.6. The topological polar surface area (TPSA) is 78.0 Å². The van der Waals surface area contributed by atoms with Crippen molar-refractivity contribution in [3.63, 3.8) is 0 Å². The number of hydrogen-bond acceptors (Lipinski definition) is 5. The quantitative estimate of drug-likeness (QED) is 0.452. The molecule has 0 radical (unpaired) electrons. The van der Waals surface area contributed by atoms with Crippen LogP contribution >= 0.6 is 11.6 Å². The third kappa shape index (κ3) is 3.41. The molecule has 2 aromatic heterocycles. The number of amides is 1. The van der Waals surface area contributed by atoms with Crippen LogP contribution in [0.5, 0.6) is 0 Å². The van der Waals surface area contributed by atoms with Crippen molar-refractivity contribution < 1.29 is 9.18 Å². The number of nitrogens with zero attached hydrogens (tertiary/aromatic N) is 5. The lowest BCUT2D eigenvalue weighted by molar-refractivity contribution is -0.128. The van der Waals surface area contributed by atoms with E-state index >= 15 is 4.39 Å². The molecule has 1 saturated heterocycles. The number of anilines is 1. The van der Waals surface area contributed by atoms with E-state index in [2.05, 4.69) is 26.7 Å². The maximum Gasteiger partial charge on any atom is 0.246 e. The van der Waals surface area contributed by atoms with E-state index in [9.17, 15) is 4.79 Å². The van der Waals surface area contributed by atoms with Crippen molar-refractivity contribution >= 4 is 45.1 Å². The maximum absolute atomic E-state index is 16.0. The summed E-state index contributed by atoms with van der Waals surface area (Å²) in [5.74, 6) is 0.00633. The third-order valence-electron chi connectivity index (χ3n) is 6.27. The van der Waals surface area contributed by atoms with Gasteiger partial charge in [-0.15, -0.1) is 0 Å². The van der Waals surface area contributed by atoms with Gasteiger partial charge in [0, 0.05) is 47.6 Å². The van der Waals surface area contributed by atoms with Gasteiger partial charge >= 0.3 is 0 Å². The zero-order chi connectivity index (χ0) is 23.3. The number of hydrogen-bond donors (Lipinski definition) is 1. The Kier molecular flexibility index (Phi) is 5.25. The fourth-order valence-corrected chi connectivity index (χ4v) is 4.94. The fourth-order valence-electron chi connectivity index (χ4n) is 4.65. The molecule has 0 saturated carbocycles. The molecule has 1 aliphatic heterocycles. The zero-order valence-electron chi connectivity index (χ0n) is 18.3. The second kappa shape index (κ2) is 8.12. The van der Waals surface area contributed by atoms with E-state index in [-0.39, 0.29) is 22.5 Å².